The Morgan fingerprint density at radius 3 is 2.41 bits per heavy atom. The van der Waals surface area contributed by atoms with Crippen LogP contribution in [-0.4, -0.2) is 31.6 Å². The standard InChI is InChI=1S/C25H29N3O/c1-16-8-4-6-10-18(16)12-19-14-28(3)15-22-23(20-11-7-5-9-17(20)2)21(13-26)25(27)29-24(19)22/h4-12,23H,13-15,26-27H2,1-3H3/b19-12+. The van der Waals surface area contributed by atoms with Crippen LogP contribution in [0.4, 0.5) is 0 Å². The number of hydrogen-bond donors (Lipinski definition) is 2. The molecule has 2 aromatic rings. The molecule has 0 amide bonds. The monoisotopic (exact) mass is 387 g/mol. The van der Waals surface area contributed by atoms with Crippen LogP contribution in [-0.2, 0) is 4.74 Å². The van der Waals surface area contributed by atoms with Crippen molar-refractivity contribution in [2.45, 2.75) is 19.8 Å². The third-order valence-corrected chi connectivity index (χ3v) is 5.93. The molecule has 2 aromatic carbocycles. The van der Waals surface area contributed by atoms with E-state index in [-0.39, 0.29) is 5.92 Å². The van der Waals surface area contributed by atoms with Gasteiger partial charge < -0.3 is 16.2 Å². The Morgan fingerprint density at radius 2 is 1.72 bits per heavy atom. The molecule has 150 valence electrons. The van der Waals surface area contributed by atoms with Crippen molar-refractivity contribution in [1.82, 2.24) is 4.90 Å². The zero-order valence-electron chi connectivity index (χ0n) is 17.4. The molecule has 4 rings (SSSR count). The zero-order valence-corrected chi connectivity index (χ0v) is 17.4. The van der Waals surface area contributed by atoms with Crippen molar-refractivity contribution in [2.24, 2.45) is 11.5 Å². The summed E-state index contributed by atoms with van der Waals surface area (Å²) in [4.78, 5) is 2.33. The van der Waals surface area contributed by atoms with Crippen LogP contribution in [0.15, 0.2) is 76.9 Å². The average molecular weight is 388 g/mol. The molecule has 4 nitrogen and oxygen atoms in total. The molecule has 1 unspecified atom stereocenters. The molecule has 0 aliphatic carbocycles. The molecule has 0 spiro atoms. The van der Waals surface area contributed by atoms with E-state index in [1.54, 1.807) is 0 Å². The van der Waals surface area contributed by atoms with E-state index < -0.39 is 0 Å². The first kappa shape index (κ1) is 19.5. The molecular formula is C25H29N3O. The Labute approximate surface area is 173 Å². The van der Waals surface area contributed by atoms with E-state index >= 15 is 0 Å². The summed E-state index contributed by atoms with van der Waals surface area (Å²) < 4.78 is 6.22. The Hall–Kier alpha value is -2.82. The Bertz CT molecular complexity index is 1030. The number of ether oxygens (including phenoxy) is 1. The second-order valence-corrected chi connectivity index (χ2v) is 8.04. The van der Waals surface area contributed by atoms with E-state index in [1.807, 2.05) is 0 Å². The van der Waals surface area contributed by atoms with Gasteiger partial charge in [0.2, 0.25) is 0 Å². The van der Waals surface area contributed by atoms with Gasteiger partial charge in [0.1, 0.15) is 5.76 Å². The minimum atomic E-state index is 0.0490. The minimum Gasteiger partial charge on any atom is -0.441 e. The molecule has 29 heavy (non-hydrogen) atoms. The number of aryl methyl sites for hydroxylation is 2. The molecule has 4 N–H and O–H groups in total. The van der Waals surface area contributed by atoms with E-state index in [9.17, 15) is 0 Å². The third-order valence-electron chi connectivity index (χ3n) is 5.93. The molecule has 1 atom stereocenters. The maximum Gasteiger partial charge on any atom is 0.192 e. The molecule has 0 saturated carbocycles. The van der Waals surface area contributed by atoms with E-state index in [0.717, 1.165) is 30.0 Å². The van der Waals surface area contributed by atoms with Crippen molar-refractivity contribution in [3.05, 3.63) is 99.1 Å². The highest BCUT2D eigenvalue weighted by Gasteiger charge is 2.36. The van der Waals surface area contributed by atoms with Gasteiger partial charge in [0.05, 0.1) is 0 Å². The summed E-state index contributed by atoms with van der Waals surface area (Å²) in [6.07, 6.45) is 2.23. The highest BCUT2D eigenvalue weighted by atomic mass is 16.5. The van der Waals surface area contributed by atoms with Crippen LogP contribution in [0.1, 0.15) is 28.2 Å². The quantitative estimate of drug-likeness (QED) is 0.840. The smallest absolute Gasteiger partial charge is 0.192 e. The van der Waals surface area contributed by atoms with Crippen molar-refractivity contribution in [1.29, 1.82) is 0 Å². The number of nitrogens with zero attached hydrogens (tertiary/aromatic N) is 1. The predicted molar refractivity (Wildman–Crippen MR) is 119 cm³/mol. The second kappa shape index (κ2) is 7.90. The van der Waals surface area contributed by atoms with Gasteiger partial charge >= 0.3 is 0 Å². The molecule has 2 heterocycles. The molecule has 2 aliphatic heterocycles. The topological polar surface area (TPSA) is 64.5 Å². The summed E-state index contributed by atoms with van der Waals surface area (Å²) in [6.45, 7) is 6.30. The Kier molecular flexibility index (Phi) is 5.31. The van der Waals surface area contributed by atoms with Crippen LogP contribution in [0.5, 0.6) is 0 Å². The fourth-order valence-corrected chi connectivity index (χ4v) is 4.42. The minimum absolute atomic E-state index is 0.0490. The average Bonchev–Trinajstić information content (AvgIpc) is 2.70. The molecule has 0 fully saturated rings. The molecule has 2 aliphatic rings. The first-order chi connectivity index (χ1) is 14.0. The maximum absolute atomic E-state index is 6.40. The largest absolute Gasteiger partial charge is 0.441 e. The van der Waals surface area contributed by atoms with Crippen LogP contribution in [0.3, 0.4) is 0 Å². The van der Waals surface area contributed by atoms with E-state index in [4.69, 9.17) is 16.2 Å². The number of benzene rings is 2. The first-order valence-electron chi connectivity index (χ1n) is 10.1. The lowest BCUT2D eigenvalue weighted by Crippen LogP contribution is -2.37. The fourth-order valence-electron chi connectivity index (χ4n) is 4.42. The molecule has 0 saturated heterocycles. The van der Waals surface area contributed by atoms with Crippen LogP contribution in [0.2, 0.25) is 0 Å². The molecule has 4 heteroatoms. The third kappa shape index (κ3) is 3.61. The molecule has 0 aromatic heterocycles. The van der Waals surface area contributed by atoms with Crippen LogP contribution >= 0.6 is 0 Å². The maximum atomic E-state index is 6.40. The lowest BCUT2D eigenvalue weighted by Gasteiger charge is -2.38. The van der Waals surface area contributed by atoms with Gasteiger partial charge in [-0.15, -0.1) is 0 Å². The van der Waals surface area contributed by atoms with Crippen LogP contribution in [0, 0.1) is 13.8 Å². The van der Waals surface area contributed by atoms with Gasteiger partial charge in [-0.2, -0.15) is 0 Å². The summed E-state index contributed by atoms with van der Waals surface area (Å²) >= 11 is 0. The van der Waals surface area contributed by atoms with E-state index in [2.05, 4.69) is 80.4 Å². The highest BCUT2D eigenvalue weighted by Crippen LogP contribution is 2.44. The van der Waals surface area contributed by atoms with E-state index in [1.165, 1.54) is 27.8 Å². The van der Waals surface area contributed by atoms with Crippen molar-refractivity contribution in [3.8, 4) is 0 Å². The predicted octanol–water partition coefficient (Wildman–Crippen LogP) is 3.83. The summed E-state index contributed by atoms with van der Waals surface area (Å²) in [5.74, 6) is 1.40. The van der Waals surface area contributed by atoms with Crippen molar-refractivity contribution in [3.63, 3.8) is 0 Å². The number of hydrogen-bond acceptors (Lipinski definition) is 4. The van der Waals surface area contributed by atoms with Gasteiger partial charge in [-0.05, 0) is 54.8 Å². The van der Waals surface area contributed by atoms with Gasteiger partial charge in [-0.1, -0.05) is 48.5 Å². The zero-order chi connectivity index (χ0) is 20.5. The number of nitrogens with two attached hydrogens (primary N) is 2. The summed E-state index contributed by atoms with van der Waals surface area (Å²) in [6, 6.07) is 16.9. The lowest BCUT2D eigenvalue weighted by molar-refractivity contribution is 0.248. The highest BCUT2D eigenvalue weighted by molar-refractivity contribution is 5.64. The van der Waals surface area contributed by atoms with Crippen molar-refractivity contribution >= 4 is 6.08 Å². The summed E-state index contributed by atoms with van der Waals surface area (Å²) in [5.41, 5.74) is 20.8. The number of likely N-dealkylation sites (N-methyl/N-ethyl adjacent to an activating group) is 1. The SMILES string of the molecule is Cc1ccccc1/C=C1\CN(C)CC2=C1OC(N)=C(CN)C2c1ccccc1C. The molecular weight excluding hydrogens is 358 g/mol. The van der Waals surface area contributed by atoms with Gasteiger partial charge in [0, 0.05) is 36.7 Å². The Balaban J connectivity index is 1.89. The van der Waals surface area contributed by atoms with Crippen LogP contribution in [0.25, 0.3) is 6.08 Å². The van der Waals surface area contributed by atoms with E-state index in [0.29, 0.717) is 12.4 Å². The fraction of sp³-hybridized carbons (Fsp3) is 0.280. The van der Waals surface area contributed by atoms with Crippen LogP contribution < -0.4 is 11.5 Å². The Morgan fingerprint density at radius 1 is 1.03 bits per heavy atom. The van der Waals surface area contributed by atoms with Gasteiger partial charge in [0.25, 0.3) is 0 Å². The van der Waals surface area contributed by atoms with Gasteiger partial charge in [-0.25, -0.2) is 0 Å². The molecule has 0 radical (unpaired) electrons. The second-order valence-electron chi connectivity index (χ2n) is 8.04. The normalized spacial score (nSPS) is 21.4. The van der Waals surface area contributed by atoms with Gasteiger partial charge in [-0.3, -0.25) is 4.90 Å². The first-order valence-corrected chi connectivity index (χ1v) is 10.1. The molecule has 0 bridgehead atoms. The summed E-state index contributed by atoms with van der Waals surface area (Å²) in [7, 11) is 2.15. The number of rotatable bonds is 3. The lowest BCUT2D eigenvalue weighted by atomic mass is 9.78. The van der Waals surface area contributed by atoms with Crippen molar-refractivity contribution < 1.29 is 4.74 Å². The van der Waals surface area contributed by atoms with Gasteiger partial charge in [0.15, 0.2) is 5.88 Å². The summed E-state index contributed by atoms with van der Waals surface area (Å²) in [5, 5.41) is 0. The van der Waals surface area contributed by atoms with Crippen molar-refractivity contribution in [2.75, 3.05) is 26.7 Å².